The number of likely N-dealkylation sites (N-methyl/N-ethyl adjacent to an activating group) is 1. The number of hydrogen-bond donors (Lipinski definition) is 1. The lowest BCUT2D eigenvalue weighted by atomic mass is 9.89. The summed E-state index contributed by atoms with van der Waals surface area (Å²) in [6.45, 7) is 7.38. The van der Waals surface area contributed by atoms with Crippen molar-refractivity contribution in [1.82, 2.24) is 5.32 Å². The Bertz CT molecular complexity index is 371. The molecule has 0 radical (unpaired) electrons. The fourth-order valence-corrected chi connectivity index (χ4v) is 3.02. The maximum Gasteiger partial charge on any atom is 0.0468 e. The molecule has 2 rings (SSSR count). The Balaban J connectivity index is 1.93. The van der Waals surface area contributed by atoms with Gasteiger partial charge in [-0.1, -0.05) is 31.2 Å². The molecule has 1 fully saturated rings. The second-order valence-electron chi connectivity index (χ2n) is 5.68. The van der Waals surface area contributed by atoms with Gasteiger partial charge in [0.05, 0.1) is 0 Å². The summed E-state index contributed by atoms with van der Waals surface area (Å²) in [4.78, 5) is 0. The SMILES string of the molecule is CCNC(Cc1ccccc1C)CC1CCOCC1. The van der Waals surface area contributed by atoms with Crippen LogP contribution in [0.25, 0.3) is 0 Å². The summed E-state index contributed by atoms with van der Waals surface area (Å²) in [6, 6.07) is 9.37. The van der Waals surface area contributed by atoms with Crippen molar-refractivity contribution in [2.45, 2.75) is 45.6 Å². The fourth-order valence-electron chi connectivity index (χ4n) is 3.02. The first-order valence-corrected chi connectivity index (χ1v) is 7.65. The zero-order chi connectivity index (χ0) is 13.5. The van der Waals surface area contributed by atoms with Crippen LogP contribution in [0.4, 0.5) is 0 Å². The van der Waals surface area contributed by atoms with Crippen molar-refractivity contribution < 1.29 is 4.74 Å². The van der Waals surface area contributed by atoms with Crippen molar-refractivity contribution in [3.8, 4) is 0 Å². The van der Waals surface area contributed by atoms with Gasteiger partial charge in [-0.05, 0) is 56.2 Å². The minimum absolute atomic E-state index is 0.606. The number of hydrogen-bond acceptors (Lipinski definition) is 2. The van der Waals surface area contributed by atoms with E-state index in [0.29, 0.717) is 6.04 Å². The Labute approximate surface area is 117 Å². The molecule has 0 bridgehead atoms. The molecule has 0 saturated carbocycles. The van der Waals surface area contributed by atoms with Gasteiger partial charge in [0.2, 0.25) is 0 Å². The van der Waals surface area contributed by atoms with E-state index in [1.807, 2.05) is 0 Å². The van der Waals surface area contributed by atoms with Crippen molar-refractivity contribution in [2.75, 3.05) is 19.8 Å². The van der Waals surface area contributed by atoms with Gasteiger partial charge < -0.3 is 10.1 Å². The Morgan fingerprint density at radius 1 is 1.26 bits per heavy atom. The molecule has 1 heterocycles. The zero-order valence-electron chi connectivity index (χ0n) is 12.3. The molecule has 1 aliphatic rings. The van der Waals surface area contributed by atoms with E-state index in [1.54, 1.807) is 0 Å². The van der Waals surface area contributed by atoms with Crippen molar-refractivity contribution >= 4 is 0 Å². The minimum Gasteiger partial charge on any atom is -0.381 e. The number of benzene rings is 1. The van der Waals surface area contributed by atoms with Gasteiger partial charge in [0, 0.05) is 19.3 Å². The molecule has 1 N–H and O–H groups in total. The molecule has 0 aromatic heterocycles. The molecular formula is C17H27NO. The summed E-state index contributed by atoms with van der Waals surface area (Å²) in [6.07, 6.45) is 4.90. The Kier molecular flexibility index (Phi) is 5.87. The highest BCUT2D eigenvalue weighted by Gasteiger charge is 2.19. The Morgan fingerprint density at radius 2 is 2.00 bits per heavy atom. The van der Waals surface area contributed by atoms with Crippen LogP contribution in [0.2, 0.25) is 0 Å². The van der Waals surface area contributed by atoms with Crippen LogP contribution in [-0.2, 0) is 11.2 Å². The van der Waals surface area contributed by atoms with E-state index in [2.05, 4.69) is 43.4 Å². The second kappa shape index (κ2) is 7.66. The lowest BCUT2D eigenvalue weighted by Gasteiger charge is -2.27. The van der Waals surface area contributed by atoms with Gasteiger partial charge >= 0.3 is 0 Å². The maximum atomic E-state index is 5.46. The van der Waals surface area contributed by atoms with Crippen molar-refractivity contribution in [3.05, 3.63) is 35.4 Å². The fraction of sp³-hybridized carbons (Fsp3) is 0.647. The van der Waals surface area contributed by atoms with E-state index in [1.165, 1.54) is 30.4 Å². The van der Waals surface area contributed by atoms with Gasteiger partial charge in [0.25, 0.3) is 0 Å². The van der Waals surface area contributed by atoms with E-state index in [4.69, 9.17) is 4.74 Å². The first kappa shape index (κ1) is 14.5. The van der Waals surface area contributed by atoms with Gasteiger partial charge in [-0.15, -0.1) is 0 Å². The molecule has 0 amide bonds. The summed E-state index contributed by atoms with van der Waals surface area (Å²) >= 11 is 0. The first-order valence-electron chi connectivity index (χ1n) is 7.65. The number of nitrogens with one attached hydrogen (secondary N) is 1. The molecule has 1 aromatic carbocycles. The second-order valence-corrected chi connectivity index (χ2v) is 5.68. The highest BCUT2D eigenvalue weighted by Crippen LogP contribution is 2.22. The largest absolute Gasteiger partial charge is 0.381 e. The van der Waals surface area contributed by atoms with Crippen molar-refractivity contribution in [1.29, 1.82) is 0 Å². The van der Waals surface area contributed by atoms with Gasteiger partial charge in [0.15, 0.2) is 0 Å². The van der Waals surface area contributed by atoms with Crippen LogP contribution in [0, 0.1) is 12.8 Å². The van der Waals surface area contributed by atoms with Gasteiger partial charge in [-0.3, -0.25) is 0 Å². The monoisotopic (exact) mass is 261 g/mol. The van der Waals surface area contributed by atoms with Crippen LogP contribution < -0.4 is 5.32 Å². The van der Waals surface area contributed by atoms with E-state index in [0.717, 1.165) is 32.1 Å². The third-order valence-corrected chi connectivity index (χ3v) is 4.18. The number of ether oxygens (including phenoxy) is 1. The predicted molar refractivity (Wildman–Crippen MR) is 80.5 cm³/mol. The summed E-state index contributed by atoms with van der Waals surface area (Å²) in [5, 5.41) is 3.66. The summed E-state index contributed by atoms with van der Waals surface area (Å²) in [5.41, 5.74) is 2.90. The molecule has 1 unspecified atom stereocenters. The average molecular weight is 261 g/mol. The smallest absolute Gasteiger partial charge is 0.0468 e. The minimum atomic E-state index is 0.606. The zero-order valence-corrected chi connectivity index (χ0v) is 12.3. The standard InChI is InChI=1S/C17H27NO/c1-3-18-17(12-15-8-10-19-11-9-15)13-16-7-5-4-6-14(16)2/h4-7,15,17-18H,3,8-13H2,1-2H3. The molecule has 0 spiro atoms. The van der Waals surface area contributed by atoms with Crippen molar-refractivity contribution in [3.63, 3.8) is 0 Å². The topological polar surface area (TPSA) is 21.3 Å². The molecular weight excluding hydrogens is 234 g/mol. The molecule has 1 saturated heterocycles. The summed E-state index contributed by atoms with van der Waals surface area (Å²) in [7, 11) is 0. The molecule has 1 atom stereocenters. The van der Waals surface area contributed by atoms with Crippen LogP contribution in [0.5, 0.6) is 0 Å². The van der Waals surface area contributed by atoms with E-state index >= 15 is 0 Å². The van der Waals surface area contributed by atoms with Gasteiger partial charge in [-0.25, -0.2) is 0 Å². The lowest BCUT2D eigenvalue weighted by molar-refractivity contribution is 0.0606. The predicted octanol–water partition coefficient (Wildman–Crippen LogP) is 3.33. The third kappa shape index (κ3) is 4.63. The highest BCUT2D eigenvalue weighted by molar-refractivity contribution is 5.26. The van der Waals surface area contributed by atoms with E-state index in [-0.39, 0.29) is 0 Å². The number of aryl methyl sites for hydroxylation is 1. The average Bonchev–Trinajstić information content (AvgIpc) is 2.43. The molecule has 1 aromatic rings. The molecule has 2 nitrogen and oxygen atoms in total. The van der Waals surface area contributed by atoms with Crippen LogP contribution in [0.3, 0.4) is 0 Å². The third-order valence-electron chi connectivity index (χ3n) is 4.18. The van der Waals surface area contributed by atoms with E-state index < -0.39 is 0 Å². The quantitative estimate of drug-likeness (QED) is 0.848. The van der Waals surface area contributed by atoms with Crippen molar-refractivity contribution in [2.24, 2.45) is 5.92 Å². The molecule has 1 aliphatic heterocycles. The molecule has 2 heteroatoms. The molecule has 19 heavy (non-hydrogen) atoms. The molecule has 0 aliphatic carbocycles. The first-order chi connectivity index (χ1) is 9.29. The number of rotatable bonds is 6. The lowest BCUT2D eigenvalue weighted by Crippen LogP contribution is -2.34. The summed E-state index contributed by atoms with van der Waals surface area (Å²) < 4.78 is 5.46. The summed E-state index contributed by atoms with van der Waals surface area (Å²) in [5.74, 6) is 0.835. The Morgan fingerprint density at radius 3 is 2.68 bits per heavy atom. The van der Waals surface area contributed by atoms with Crippen LogP contribution in [0.15, 0.2) is 24.3 Å². The Hall–Kier alpha value is -0.860. The normalized spacial score (nSPS) is 18.4. The molecule has 106 valence electrons. The maximum absolute atomic E-state index is 5.46. The van der Waals surface area contributed by atoms with E-state index in [9.17, 15) is 0 Å². The van der Waals surface area contributed by atoms with Crippen LogP contribution >= 0.6 is 0 Å². The highest BCUT2D eigenvalue weighted by atomic mass is 16.5. The van der Waals surface area contributed by atoms with Gasteiger partial charge in [0.1, 0.15) is 0 Å². The van der Waals surface area contributed by atoms with Crippen LogP contribution in [-0.4, -0.2) is 25.8 Å². The van der Waals surface area contributed by atoms with Gasteiger partial charge in [-0.2, -0.15) is 0 Å². The van der Waals surface area contributed by atoms with Crippen LogP contribution in [0.1, 0.15) is 37.3 Å².